The molecule has 2 N–H and O–H groups in total. The summed E-state index contributed by atoms with van der Waals surface area (Å²) in [5.41, 5.74) is 0.691. The molecule has 1 aliphatic rings. The molecule has 2 rings (SSSR count). The molecule has 0 bridgehead atoms. The normalized spacial score (nSPS) is 21.3. The van der Waals surface area contributed by atoms with Crippen LogP contribution in [0.4, 0.5) is 10.1 Å². The van der Waals surface area contributed by atoms with Gasteiger partial charge in [-0.3, -0.25) is 4.79 Å². The minimum Gasteiger partial charge on any atom is -0.382 e. The number of benzene rings is 1. The number of carbonyl (C=O) groups excluding carboxylic acids is 1. The molecule has 1 aliphatic heterocycles. The Hall–Kier alpha value is -1.23. The van der Waals surface area contributed by atoms with Crippen LogP contribution in [0, 0.1) is 5.82 Å². The van der Waals surface area contributed by atoms with Crippen LogP contribution in [-0.2, 0) is 0 Å². The highest BCUT2D eigenvalue weighted by atomic mass is 32.2. The zero-order valence-electron chi connectivity index (χ0n) is 12.7. The minimum atomic E-state index is -0.377. The van der Waals surface area contributed by atoms with Crippen LogP contribution < -0.4 is 10.6 Å². The molecule has 5 heteroatoms. The lowest BCUT2D eigenvalue weighted by Gasteiger charge is -2.23. The fraction of sp³-hybridized carbons (Fsp3) is 0.562. The van der Waals surface area contributed by atoms with Gasteiger partial charge in [0.2, 0.25) is 0 Å². The highest BCUT2D eigenvalue weighted by Crippen LogP contribution is 2.37. The molecule has 1 fully saturated rings. The summed E-state index contributed by atoms with van der Waals surface area (Å²) in [5, 5.41) is 5.97. The predicted molar refractivity (Wildman–Crippen MR) is 87.6 cm³/mol. The molecule has 0 aliphatic carbocycles. The average Bonchev–Trinajstić information content (AvgIpc) is 2.90. The molecule has 1 amide bonds. The Morgan fingerprint density at radius 2 is 2.29 bits per heavy atom. The van der Waals surface area contributed by atoms with Crippen LogP contribution >= 0.6 is 11.8 Å². The molecule has 116 valence electrons. The summed E-state index contributed by atoms with van der Waals surface area (Å²) in [6.45, 7) is 5.45. The third kappa shape index (κ3) is 4.13. The lowest BCUT2D eigenvalue weighted by atomic mass is 10.1. The van der Waals surface area contributed by atoms with Gasteiger partial charge >= 0.3 is 0 Å². The number of amides is 1. The summed E-state index contributed by atoms with van der Waals surface area (Å²) in [7, 11) is 0. The SMILES string of the molecule is CCCNc1c(F)cccc1C(=O)NCC1(C)CCCS1. The topological polar surface area (TPSA) is 41.1 Å². The van der Waals surface area contributed by atoms with E-state index in [0.29, 0.717) is 24.3 Å². The quantitative estimate of drug-likeness (QED) is 0.842. The van der Waals surface area contributed by atoms with Crippen molar-refractivity contribution in [2.45, 2.75) is 37.9 Å². The molecule has 0 spiro atoms. The van der Waals surface area contributed by atoms with Crippen molar-refractivity contribution in [1.82, 2.24) is 5.32 Å². The first-order valence-electron chi connectivity index (χ1n) is 7.50. The van der Waals surface area contributed by atoms with Gasteiger partial charge in [-0.15, -0.1) is 0 Å². The average molecular weight is 310 g/mol. The van der Waals surface area contributed by atoms with Crippen molar-refractivity contribution in [2.75, 3.05) is 24.2 Å². The third-order valence-electron chi connectivity index (χ3n) is 3.73. The van der Waals surface area contributed by atoms with Crippen LogP contribution in [0.1, 0.15) is 43.5 Å². The number of hydrogen-bond donors (Lipinski definition) is 2. The molecule has 1 saturated heterocycles. The van der Waals surface area contributed by atoms with Gasteiger partial charge in [0.1, 0.15) is 5.82 Å². The minimum absolute atomic E-state index is 0.111. The second kappa shape index (κ2) is 7.16. The number of carbonyl (C=O) groups is 1. The Labute approximate surface area is 130 Å². The number of para-hydroxylation sites is 1. The van der Waals surface area contributed by atoms with Gasteiger partial charge in [0, 0.05) is 17.8 Å². The van der Waals surface area contributed by atoms with Crippen LogP contribution in [0.15, 0.2) is 18.2 Å². The number of halogens is 1. The fourth-order valence-corrected chi connectivity index (χ4v) is 3.73. The smallest absolute Gasteiger partial charge is 0.253 e. The van der Waals surface area contributed by atoms with E-state index in [9.17, 15) is 9.18 Å². The molecule has 1 heterocycles. The van der Waals surface area contributed by atoms with Crippen molar-refractivity contribution in [1.29, 1.82) is 0 Å². The van der Waals surface area contributed by atoms with Crippen LogP contribution in [-0.4, -0.2) is 29.5 Å². The van der Waals surface area contributed by atoms with E-state index in [1.807, 2.05) is 18.7 Å². The molecule has 3 nitrogen and oxygen atoms in total. The Morgan fingerprint density at radius 3 is 2.95 bits per heavy atom. The van der Waals surface area contributed by atoms with Gasteiger partial charge in [-0.2, -0.15) is 11.8 Å². The number of rotatable bonds is 6. The summed E-state index contributed by atoms with van der Waals surface area (Å²) < 4.78 is 14.0. The first-order valence-corrected chi connectivity index (χ1v) is 8.49. The van der Waals surface area contributed by atoms with Crippen LogP contribution in [0.2, 0.25) is 0 Å². The van der Waals surface area contributed by atoms with Crippen LogP contribution in [0.3, 0.4) is 0 Å². The maximum Gasteiger partial charge on any atom is 0.253 e. The molecule has 0 radical (unpaired) electrons. The first kappa shape index (κ1) is 16.1. The highest BCUT2D eigenvalue weighted by Gasteiger charge is 2.30. The molecule has 0 aromatic heterocycles. The van der Waals surface area contributed by atoms with Gasteiger partial charge in [-0.05, 0) is 44.1 Å². The van der Waals surface area contributed by atoms with Crippen molar-refractivity contribution in [3.05, 3.63) is 29.6 Å². The number of thioether (sulfide) groups is 1. The molecule has 1 atom stereocenters. The standard InChI is InChI=1S/C16H23FN2OS/c1-3-9-18-14-12(6-4-7-13(14)17)15(20)19-11-16(2)8-5-10-21-16/h4,6-7,18H,3,5,8-11H2,1-2H3,(H,19,20). The van der Waals surface area contributed by atoms with E-state index in [0.717, 1.165) is 18.6 Å². The molecular weight excluding hydrogens is 287 g/mol. The summed E-state index contributed by atoms with van der Waals surface area (Å²) in [4.78, 5) is 12.4. The van der Waals surface area contributed by atoms with Crippen LogP contribution in [0.25, 0.3) is 0 Å². The van der Waals surface area contributed by atoms with Gasteiger partial charge < -0.3 is 10.6 Å². The first-order chi connectivity index (χ1) is 10.1. The third-order valence-corrected chi connectivity index (χ3v) is 5.27. The van der Waals surface area contributed by atoms with E-state index >= 15 is 0 Å². The number of hydrogen-bond acceptors (Lipinski definition) is 3. The van der Waals surface area contributed by atoms with Crippen molar-refractivity contribution in [3.63, 3.8) is 0 Å². The van der Waals surface area contributed by atoms with Crippen molar-refractivity contribution in [2.24, 2.45) is 0 Å². The molecule has 21 heavy (non-hydrogen) atoms. The van der Waals surface area contributed by atoms with E-state index < -0.39 is 0 Å². The Morgan fingerprint density at radius 1 is 1.48 bits per heavy atom. The molecule has 1 aromatic rings. The predicted octanol–water partition coefficient (Wildman–Crippen LogP) is 3.66. The zero-order chi connectivity index (χ0) is 15.3. The zero-order valence-corrected chi connectivity index (χ0v) is 13.5. The molecule has 0 saturated carbocycles. The lowest BCUT2D eigenvalue weighted by Crippen LogP contribution is -2.37. The summed E-state index contributed by atoms with van der Waals surface area (Å²) >= 11 is 1.90. The monoisotopic (exact) mass is 310 g/mol. The summed E-state index contributed by atoms with van der Waals surface area (Å²) in [6.07, 6.45) is 3.19. The van der Waals surface area contributed by atoms with E-state index in [4.69, 9.17) is 0 Å². The van der Waals surface area contributed by atoms with Gasteiger partial charge in [0.15, 0.2) is 0 Å². The second-order valence-electron chi connectivity index (χ2n) is 5.67. The number of anilines is 1. The number of nitrogens with one attached hydrogen (secondary N) is 2. The molecular formula is C16H23FN2OS. The molecule has 1 aromatic carbocycles. The van der Waals surface area contributed by atoms with Gasteiger partial charge in [0.25, 0.3) is 5.91 Å². The van der Waals surface area contributed by atoms with Gasteiger partial charge in [-0.1, -0.05) is 13.0 Å². The van der Waals surface area contributed by atoms with E-state index in [1.54, 1.807) is 12.1 Å². The van der Waals surface area contributed by atoms with Crippen LogP contribution in [0.5, 0.6) is 0 Å². The van der Waals surface area contributed by atoms with Crippen molar-refractivity contribution < 1.29 is 9.18 Å². The largest absolute Gasteiger partial charge is 0.382 e. The van der Waals surface area contributed by atoms with Gasteiger partial charge in [-0.25, -0.2) is 4.39 Å². The second-order valence-corrected chi connectivity index (χ2v) is 7.36. The summed E-state index contributed by atoms with van der Waals surface area (Å²) in [6, 6.07) is 4.62. The Kier molecular flexibility index (Phi) is 5.51. The van der Waals surface area contributed by atoms with Crippen molar-refractivity contribution in [3.8, 4) is 0 Å². The summed E-state index contributed by atoms with van der Waals surface area (Å²) in [5.74, 6) is 0.565. The van der Waals surface area contributed by atoms with E-state index in [-0.39, 0.29) is 16.5 Å². The van der Waals surface area contributed by atoms with Gasteiger partial charge in [0.05, 0.1) is 11.3 Å². The van der Waals surface area contributed by atoms with E-state index in [1.165, 1.54) is 12.5 Å². The lowest BCUT2D eigenvalue weighted by molar-refractivity contribution is 0.0950. The Bertz CT molecular complexity index is 501. The highest BCUT2D eigenvalue weighted by molar-refractivity contribution is 8.00. The maximum atomic E-state index is 13.9. The fourth-order valence-electron chi connectivity index (χ4n) is 2.48. The molecule has 1 unspecified atom stereocenters. The van der Waals surface area contributed by atoms with E-state index in [2.05, 4.69) is 17.6 Å². The van der Waals surface area contributed by atoms with Crippen molar-refractivity contribution >= 4 is 23.4 Å². The Balaban J connectivity index is 2.06. The maximum absolute atomic E-state index is 13.9.